The van der Waals surface area contributed by atoms with Crippen LogP contribution in [0.15, 0.2) is 0 Å². The van der Waals surface area contributed by atoms with Gasteiger partial charge in [-0.3, -0.25) is 4.79 Å². The largest absolute Gasteiger partial charge is 0.480 e. The minimum Gasteiger partial charge on any atom is -0.480 e. The summed E-state index contributed by atoms with van der Waals surface area (Å²) in [6.07, 6.45) is 2.74. The first kappa shape index (κ1) is 14.0. The molecule has 17 heavy (non-hydrogen) atoms. The zero-order valence-corrected chi connectivity index (χ0v) is 10.8. The maximum absolute atomic E-state index is 11.9. The molecule has 2 N–H and O–H groups in total. The number of carbonyl (C=O) groups excluding carboxylic acids is 1. The maximum Gasteiger partial charge on any atom is 0.329 e. The third kappa shape index (κ3) is 3.70. The Morgan fingerprint density at radius 2 is 2.00 bits per heavy atom. The van der Waals surface area contributed by atoms with Gasteiger partial charge >= 0.3 is 5.97 Å². The molecule has 1 rings (SSSR count). The number of amides is 1. The molecular weight excluding hydrogens is 220 g/mol. The molecule has 1 saturated carbocycles. The third-order valence-electron chi connectivity index (χ3n) is 3.16. The van der Waals surface area contributed by atoms with Gasteiger partial charge in [0.2, 0.25) is 5.91 Å². The number of carboxylic acid groups (broad SMARTS) is 1. The minimum absolute atomic E-state index is 0.104. The normalized spacial score (nSPS) is 15.7. The molecule has 1 aliphatic rings. The average molecular weight is 242 g/mol. The Labute approximate surface area is 102 Å². The van der Waals surface area contributed by atoms with Gasteiger partial charge in [0.1, 0.15) is 5.54 Å². The molecule has 0 aromatic rings. The first-order valence-electron chi connectivity index (χ1n) is 6.16. The lowest BCUT2D eigenvalue weighted by Crippen LogP contribution is -2.53. The molecule has 0 saturated heterocycles. The van der Waals surface area contributed by atoms with Crippen LogP contribution in [0.1, 0.15) is 40.0 Å². The van der Waals surface area contributed by atoms with Crippen LogP contribution in [-0.2, 0) is 9.59 Å². The van der Waals surface area contributed by atoms with E-state index in [0.717, 1.165) is 0 Å². The summed E-state index contributed by atoms with van der Waals surface area (Å²) in [6.45, 7) is 5.98. The summed E-state index contributed by atoms with van der Waals surface area (Å²) in [4.78, 5) is 24.5. The second kappa shape index (κ2) is 5.49. The van der Waals surface area contributed by atoms with Gasteiger partial charge in [0.15, 0.2) is 0 Å². The van der Waals surface area contributed by atoms with Crippen molar-refractivity contribution in [3.8, 4) is 0 Å². The summed E-state index contributed by atoms with van der Waals surface area (Å²) in [5.41, 5.74) is -1.13. The van der Waals surface area contributed by atoms with Crippen LogP contribution in [0.4, 0.5) is 0 Å². The molecule has 0 heterocycles. The van der Waals surface area contributed by atoms with Crippen molar-refractivity contribution in [2.24, 2.45) is 0 Å². The third-order valence-corrected chi connectivity index (χ3v) is 3.16. The molecule has 1 aliphatic carbocycles. The van der Waals surface area contributed by atoms with Crippen molar-refractivity contribution in [2.45, 2.75) is 51.6 Å². The van der Waals surface area contributed by atoms with Gasteiger partial charge in [-0.15, -0.1) is 0 Å². The summed E-state index contributed by atoms with van der Waals surface area (Å²) in [7, 11) is 0. The lowest BCUT2D eigenvalue weighted by molar-refractivity contribution is -0.156. The number of carbonyl (C=O) groups is 2. The highest BCUT2D eigenvalue weighted by atomic mass is 16.4. The molecule has 1 amide bonds. The Bertz CT molecular complexity index is 298. The molecule has 5 heteroatoms. The Morgan fingerprint density at radius 3 is 2.41 bits per heavy atom. The van der Waals surface area contributed by atoms with Crippen LogP contribution >= 0.6 is 0 Å². The van der Waals surface area contributed by atoms with Crippen LogP contribution in [-0.4, -0.2) is 46.6 Å². The van der Waals surface area contributed by atoms with Gasteiger partial charge < -0.3 is 15.3 Å². The number of hydrogen-bond donors (Lipinski definition) is 2. The summed E-state index contributed by atoms with van der Waals surface area (Å²) in [6, 6.07) is 0.574. The first-order chi connectivity index (χ1) is 7.89. The topological polar surface area (TPSA) is 69.6 Å². The molecule has 0 spiro atoms. The van der Waals surface area contributed by atoms with E-state index in [4.69, 9.17) is 5.11 Å². The highest BCUT2D eigenvalue weighted by molar-refractivity contribution is 5.86. The Balaban J connectivity index is 2.46. The maximum atomic E-state index is 11.9. The number of carboxylic acids is 1. The van der Waals surface area contributed by atoms with Crippen LogP contribution in [0.2, 0.25) is 0 Å². The van der Waals surface area contributed by atoms with Crippen molar-refractivity contribution in [3.05, 3.63) is 0 Å². The molecule has 1 fully saturated rings. The fourth-order valence-electron chi connectivity index (χ4n) is 1.80. The standard InChI is InChI=1S/C12H22N2O3/c1-4-14(12(2,3)11(16)17)10(15)7-8-13-9-5-6-9/h9,13H,4-8H2,1-3H3,(H,16,17). The Hall–Kier alpha value is -1.10. The predicted octanol–water partition coefficient (Wildman–Crippen LogP) is 0.840. The second-order valence-corrected chi connectivity index (χ2v) is 4.98. The van der Waals surface area contributed by atoms with Gasteiger partial charge in [0.25, 0.3) is 0 Å². The fraction of sp³-hybridized carbons (Fsp3) is 0.833. The number of hydrogen-bond acceptors (Lipinski definition) is 3. The van der Waals surface area contributed by atoms with E-state index in [1.807, 2.05) is 0 Å². The van der Waals surface area contributed by atoms with Gasteiger partial charge in [0.05, 0.1) is 0 Å². The van der Waals surface area contributed by atoms with Crippen molar-refractivity contribution in [1.82, 2.24) is 10.2 Å². The van der Waals surface area contributed by atoms with Crippen molar-refractivity contribution in [1.29, 1.82) is 0 Å². The Kier molecular flexibility index (Phi) is 4.51. The lowest BCUT2D eigenvalue weighted by Gasteiger charge is -2.34. The molecule has 98 valence electrons. The molecule has 0 aliphatic heterocycles. The second-order valence-electron chi connectivity index (χ2n) is 4.98. The van der Waals surface area contributed by atoms with E-state index < -0.39 is 11.5 Å². The highest BCUT2D eigenvalue weighted by Gasteiger charge is 2.36. The summed E-state index contributed by atoms with van der Waals surface area (Å²) < 4.78 is 0. The molecule has 0 atom stereocenters. The van der Waals surface area contributed by atoms with Gasteiger partial charge in [-0.1, -0.05) is 0 Å². The molecule has 5 nitrogen and oxygen atoms in total. The molecular formula is C12H22N2O3. The van der Waals surface area contributed by atoms with Crippen LogP contribution in [0, 0.1) is 0 Å². The van der Waals surface area contributed by atoms with Gasteiger partial charge in [-0.2, -0.15) is 0 Å². The lowest BCUT2D eigenvalue weighted by atomic mass is 10.0. The predicted molar refractivity (Wildman–Crippen MR) is 64.7 cm³/mol. The smallest absolute Gasteiger partial charge is 0.329 e. The number of rotatable bonds is 7. The summed E-state index contributed by atoms with van der Waals surface area (Å²) in [5, 5.41) is 12.4. The van der Waals surface area contributed by atoms with Gasteiger partial charge in [-0.25, -0.2) is 4.79 Å². The van der Waals surface area contributed by atoms with Crippen molar-refractivity contribution in [2.75, 3.05) is 13.1 Å². The summed E-state index contributed by atoms with van der Waals surface area (Å²) in [5.74, 6) is -1.07. The van der Waals surface area contributed by atoms with E-state index in [9.17, 15) is 9.59 Å². The zero-order valence-electron chi connectivity index (χ0n) is 10.8. The molecule has 0 bridgehead atoms. The fourth-order valence-corrected chi connectivity index (χ4v) is 1.80. The van der Waals surface area contributed by atoms with Crippen molar-refractivity contribution in [3.63, 3.8) is 0 Å². The minimum atomic E-state index is -1.13. The number of likely N-dealkylation sites (N-methyl/N-ethyl adjacent to an activating group) is 1. The Morgan fingerprint density at radius 1 is 1.41 bits per heavy atom. The van der Waals surface area contributed by atoms with Gasteiger partial charge in [0, 0.05) is 25.6 Å². The quantitative estimate of drug-likeness (QED) is 0.694. The first-order valence-corrected chi connectivity index (χ1v) is 6.16. The van der Waals surface area contributed by atoms with Crippen molar-refractivity contribution < 1.29 is 14.7 Å². The SMILES string of the molecule is CCN(C(=O)CCNC1CC1)C(C)(C)C(=O)O. The molecule has 0 radical (unpaired) electrons. The summed E-state index contributed by atoms with van der Waals surface area (Å²) >= 11 is 0. The van der Waals surface area contributed by atoms with Crippen LogP contribution in [0.5, 0.6) is 0 Å². The molecule has 0 aromatic carbocycles. The van der Waals surface area contributed by atoms with Gasteiger partial charge in [-0.05, 0) is 33.6 Å². The molecule has 0 aromatic heterocycles. The monoisotopic (exact) mass is 242 g/mol. The van der Waals surface area contributed by atoms with Crippen LogP contribution in [0.3, 0.4) is 0 Å². The van der Waals surface area contributed by atoms with E-state index in [1.165, 1.54) is 17.7 Å². The van der Waals surface area contributed by atoms with E-state index in [1.54, 1.807) is 20.8 Å². The average Bonchev–Trinajstić information content (AvgIpc) is 3.02. The van der Waals surface area contributed by atoms with E-state index in [-0.39, 0.29) is 5.91 Å². The number of nitrogens with zero attached hydrogens (tertiary/aromatic N) is 1. The van der Waals surface area contributed by atoms with Crippen LogP contribution in [0.25, 0.3) is 0 Å². The number of nitrogens with one attached hydrogen (secondary N) is 1. The zero-order chi connectivity index (χ0) is 13.1. The van der Waals surface area contributed by atoms with E-state index in [2.05, 4.69) is 5.32 Å². The van der Waals surface area contributed by atoms with E-state index >= 15 is 0 Å². The molecule has 0 unspecified atom stereocenters. The highest BCUT2D eigenvalue weighted by Crippen LogP contribution is 2.19. The van der Waals surface area contributed by atoms with Crippen molar-refractivity contribution >= 4 is 11.9 Å². The van der Waals surface area contributed by atoms with Crippen LogP contribution < -0.4 is 5.32 Å². The van der Waals surface area contributed by atoms with E-state index in [0.29, 0.717) is 25.6 Å². The number of aliphatic carboxylic acids is 1.